The largest absolute Gasteiger partial charge is 0.481 e. The van der Waals surface area contributed by atoms with Crippen molar-refractivity contribution in [3.8, 4) is 0 Å². The minimum absolute atomic E-state index is 0.0603. The fourth-order valence-electron chi connectivity index (χ4n) is 2.40. The van der Waals surface area contributed by atoms with Crippen molar-refractivity contribution in [2.75, 3.05) is 46.1 Å². The predicted molar refractivity (Wildman–Crippen MR) is 74.7 cm³/mol. The molecule has 0 aromatic heterocycles. The Morgan fingerprint density at radius 1 is 1.11 bits per heavy atom. The van der Waals surface area contributed by atoms with Crippen molar-refractivity contribution in [1.82, 2.24) is 4.90 Å². The minimum Gasteiger partial charge on any atom is -0.481 e. The topological polar surface area (TPSA) is 59.0 Å². The summed E-state index contributed by atoms with van der Waals surface area (Å²) >= 11 is 0. The first-order valence-electron chi connectivity index (χ1n) is 7.82. The van der Waals surface area contributed by atoms with Crippen LogP contribution < -0.4 is 0 Å². The maximum Gasteiger partial charge on any atom is 0.380 e. The van der Waals surface area contributed by atoms with Gasteiger partial charge in [0.05, 0.1) is 26.2 Å². The van der Waals surface area contributed by atoms with Crippen LogP contribution in [0.4, 0.5) is 35.1 Å². The van der Waals surface area contributed by atoms with E-state index >= 15 is 0 Å². The van der Waals surface area contributed by atoms with Crippen molar-refractivity contribution in [3.05, 3.63) is 0 Å². The number of carboxylic acid groups (broad SMARTS) is 1. The molecular formula is C14H19F8NO4. The van der Waals surface area contributed by atoms with E-state index in [1.54, 1.807) is 4.90 Å². The number of carbonyl (C=O) groups is 1. The second-order valence-electron chi connectivity index (χ2n) is 6.09. The van der Waals surface area contributed by atoms with Crippen molar-refractivity contribution in [2.45, 2.75) is 30.6 Å². The molecule has 0 aliphatic carbocycles. The van der Waals surface area contributed by atoms with Gasteiger partial charge in [0.1, 0.15) is 6.61 Å². The molecule has 27 heavy (non-hydrogen) atoms. The highest BCUT2D eigenvalue weighted by Crippen LogP contribution is 2.48. The first kappa shape index (κ1) is 23.8. The van der Waals surface area contributed by atoms with E-state index in [2.05, 4.69) is 4.74 Å². The number of hydrogen-bond acceptors (Lipinski definition) is 4. The molecule has 1 N–H and O–H groups in total. The summed E-state index contributed by atoms with van der Waals surface area (Å²) in [7, 11) is 0. The lowest BCUT2D eigenvalue weighted by Gasteiger charge is -2.33. The molecule has 1 rings (SSSR count). The van der Waals surface area contributed by atoms with Crippen LogP contribution >= 0.6 is 0 Å². The summed E-state index contributed by atoms with van der Waals surface area (Å²) in [6.07, 6.45) is -5.55. The van der Waals surface area contributed by atoms with Crippen LogP contribution in [0.3, 0.4) is 0 Å². The zero-order valence-electron chi connectivity index (χ0n) is 14.0. The van der Waals surface area contributed by atoms with Crippen molar-refractivity contribution in [1.29, 1.82) is 0 Å². The molecular weight excluding hydrogens is 398 g/mol. The Morgan fingerprint density at radius 3 is 2.15 bits per heavy atom. The van der Waals surface area contributed by atoms with Gasteiger partial charge in [-0.15, -0.1) is 0 Å². The fourth-order valence-corrected chi connectivity index (χ4v) is 2.40. The van der Waals surface area contributed by atoms with E-state index in [-0.39, 0.29) is 6.54 Å². The highest BCUT2D eigenvalue weighted by Gasteiger charge is 2.75. The van der Waals surface area contributed by atoms with Crippen LogP contribution in [0.1, 0.15) is 6.42 Å². The minimum atomic E-state index is -6.35. The third-order valence-corrected chi connectivity index (χ3v) is 3.87. The normalized spacial score (nSPS) is 18.7. The highest BCUT2D eigenvalue weighted by molar-refractivity contribution is 5.67. The Bertz CT molecular complexity index is 486. The van der Waals surface area contributed by atoms with Gasteiger partial charge in [0.15, 0.2) is 0 Å². The van der Waals surface area contributed by atoms with E-state index in [1.807, 2.05) is 0 Å². The number of aliphatic carboxylic acids is 1. The van der Waals surface area contributed by atoms with Gasteiger partial charge >= 0.3 is 30.2 Å². The van der Waals surface area contributed by atoms with Crippen molar-refractivity contribution in [3.63, 3.8) is 0 Å². The van der Waals surface area contributed by atoms with Gasteiger partial charge in [0, 0.05) is 25.6 Å². The fraction of sp³-hybridized carbons (Fsp3) is 0.929. The lowest BCUT2D eigenvalue weighted by molar-refractivity contribution is -0.346. The summed E-state index contributed by atoms with van der Waals surface area (Å²) in [5, 5.41) is 8.82. The van der Waals surface area contributed by atoms with Crippen LogP contribution in [0.5, 0.6) is 0 Å². The van der Waals surface area contributed by atoms with Crippen molar-refractivity contribution >= 4 is 5.97 Å². The van der Waals surface area contributed by atoms with Crippen molar-refractivity contribution in [2.24, 2.45) is 5.92 Å². The maximum atomic E-state index is 13.4. The molecule has 0 aromatic carbocycles. The number of morpholine rings is 1. The first-order valence-corrected chi connectivity index (χ1v) is 7.82. The third-order valence-electron chi connectivity index (χ3n) is 3.87. The number of ether oxygens (including phenoxy) is 2. The van der Waals surface area contributed by atoms with Gasteiger partial charge in [-0.1, -0.05) is 0 Å². The summed E-state index contributed by atoms with van der Waals surface area (Å²) in [4.78, 5) is 12.6. The quantitative estimate of drug-likeness (QED) is 0.524. The van der Waals surface area contributed by atoms with E-state index in [0.717, 1.165) is 0 Å². The summed E-state index contributed by atoms with van der Waals surface area (Å²) in [5.74, 6) is -20.4. The van der Waals surface area contributed by atoms with Crippen molar-refractivity contribution < 1.29 is 54.5 Å². The van der Waals surface area contributed by atoms with Crippen LogP contribution in [0.2, 0.25) is 0 Å². The van der Waals surface area contributed by atoms with Crippen LogP contribution in [-0.4, -0.2) is 86.2 Å². The Kier molecular flexibility index (Phi) is 8.23. The molecule has 13 heteroatoms. The maximum absolute atomic E-state index is 13.4. The Balaban J connectivity index is 2.67. The average Bonchev–Trinajstić information content (AvgIpc) is 2.54. The van der Waals surface area contributed by atoms with Gasteiger partial charge < -0.3 is 14.6 Å². The monoisotopic (exact) mass is 417 g/mol. The number of halogens is 8. The zero-order chi connectivity index (χ0) is 20.9. The molecule has 1 atom stereocenters. The summed E-state index contributed by atoms with van der Waals surface area (Å²) in [6.45, 7) is -1.40. The molecule has 1 aliphatic heterocycles. The number of rotatable bonds is 11. The van der Waals surface area contributed by atoms with E-state index in [4.69, 9.17) is 9.84 Å². The summed E-state index contributed by atoms with van der Waals surface area (Å²) in [6, 6.07) is 0. The van der Waals surface area contributed by atoms with Gasteiger partial charge in [-0.25, -0.2) is 8.78 Å². The molecule has 1 aliphatic rings. The molecule has 0 spiro atoms. The van der Waals surface area contributed by atoms with E-state index < -0.39 is 55.7 Å². The molecule has 0 amide bonds. The zero-order valence-corrected chi connectivity index (χ0v) is 14.0. The Labute approximate surface area is 149 Å². The smallest absolute Gasteiger partial charge is 0.380 e. The lowest BCUT2D eigenvalue weighted by atomic mass is 10.0. The molecule has 0 radical (unpaired) electrons. The van der Waals surface area contributed by atoms with Gasteiger partial charge in [0.2, 0.25) is 0 Å². The third kappa shape index (κ3) is 6.14. The number of nitrogens with zero attached hydrogens (tertiary/aromatic N) is 1. The molecule has 0 bridgehead atoms. The molecule has 160 valence electrons. The molecule has 0 aromatic rings. The Hall–Kier alpha value is -1.21. The number of carboxylic acids is 1. The second kappa shape index (κ2) is 9.32. The molecule has 1 saturated heterocycles. The Morgan fingerprint density at radius 2 is 1.67 bits per heavy atom. The first-order chi connectivity index (χ1) is 12.3. The average molecular weight is 417 g/mol. The van der Waals surface area contributed by atoms with Crippen LogP contribution in [0.15, 0.2) is 0 Å². The molecule has 0 saturated carbocycles. The predicted octanol–water partition coefficient (Wildman–Crippen LogP) is 2.60. The lowest BCUT2D eigenvalue weighted by Crippen LogP contribution is -2.59. The number of hydrogen-bond donors (Lipinski definition) is 1. The molecule has 5 nitrogen and oxygen atoms in total. The SMILES string of the molecule is O=C(O)CC(COCC(F)(F)C(F)(F)C(F)(F)C(F)F)CN1CCOCC1. The van der Waals surface area contributed by atoms with E-state index in [9.17, 15) is 39.9 Å². The highest BCUT2D eigenvalue weighted by atomic mass is 19.4. The standard InChI is InChI=1S/C14H19F8NO4/c15-11(16)13(19,20)14(21,22)12(17,18)8-27-7-9(5-10(24)25)6-23-1-3-26-4-2-23/h9,11H,1-8H2,(H,24,25). The van der Waals surface area contributed by atoms with Gasteiger partial charge in [-0.3, -0.25) is 9.69 Å². The molecule has 1 unspecified atom stereocenters. The van der Waals surface area contributed by atoms with E-state index in [1.165, 1.54) is 0 Å². The summed E-state index contributed by atoms with van der Waals surface area (Å²) in [5.41, 5.74) is 0. The van der Waals surface area contributed by atoms with Gasteiger partial charge in [-0.05, 0) is 0 Å². The second-order valence-corrected chi connectivity index (χ2v) is 6.09. The van der Waals surface area contributed by atoms with Crippen LogP contribution in [0.25, 0.3) is 0 Å². The van der Waals surface area contributed by atoms with Gasteiger partial charge in [0.25, 0.3) is 0 Å². The molecule has 1 fully saturated rings. The molecule has 1 heterocycles. The summed E-state index contributed by atoms with van der Waals surface area (Å²) < 4.78 is 112. The number of alkyl halides is 8. The van der Waals surface area contributed by atoms with Crippen LogP contribution in [0, 0.1) is 5.92 Å². The van der Waals surface area contributed by atoms with Gasteiger partial charge in [-0.2, -0.15) is 26.3 Å². The van der Waals surface area contributed by atoms with E-state index in [0.29, 0.717) is 26.3 Å². The van der Waals surface area contributed by atoms with Crippen LogP contribution in [-0.2, 0) is 14.3 Å².